The molecular formula is C31H33F6N5O7. The van der Waals surface area contributed by atoms with E-state index in [2.05, 4.69) is 20.3 Å². The fourth-order valence-electron chi connectivity index (χ4n) is 5.30. The number of halogens is 6. The first-order valence-corrected chi connectivity index (χ1v) is 15.0. The Labute approximate surface area is 276 Å². The molecule has 3 aromatic rings. The molecule has 12 nitrogen and oxygen atoms in total. The van der Waals surface area contributed by atoms with Crippen LogP contribution in [-0.4, -0.2) is 69.7 Å². The average molecular weight is 702 g/mol. The Morgan fingerprint density at radius 1 is 1.06 bits per heavy atom. The first kappa shape index (κ1) is 37.0. The fraction of sp³-hybridized carbons (Fsp3) is 0.452. The monoisotopic (exact) mass is 701 g/mol. The summed E-state index contributed by atoms with van der Waals surface area (Å²) in [6, 6.07) is 3.13. The summed E-state index contributed by atoms with van der Waals surface area (Å²) in [5, 5.41) is 21.9. The summed E-state index contributed by atoms with van der Waals surface area (Å²) in [6.45, 7) is 3.03. The number of pyridine rings is 1. The molecule has 0 fully saturated rings. The number of aliphatic hydroxyl groups is 1. The summed E-state index contributed by atoms with van der Waals surface area (Å²) in [7, 11) is 1.39. The first-order chi connectivity index (χ1) is 23.1. The Morgan fingerprint density at radius 2 is 1.73 bits per heavy atom. The Kier molecular flexibility index (Phi) is 11.4. The maximum absolute atomic E-state index is 13.6. The number of hydrogen-bond acceptors (Lipinski definition) is 10. The molecule has 1 aromatic carbocycles. The Morgan fingerprint density at radius 3 is 2.29 bits per heavy atom. The minimum atomic E-state index is -5.11. The van der Waals surface area contributed by atoms with E-state index in [0.29, 0.717) is 29.9 Å². The lowest BCUT2D eigenvalue weighted by Gasteiger charge is -2.39. The molecular weight excluding hydrogens is 668 g/mol. The van der Waals surface area contributed by atoms with Crippen molar-refractivity contribution in [2.45, 2.75) is 70.1 Å². The summed E-state index contributed by atoms with van der Waals surface area (Å²) in [4.78, 5) is 39.2. The van der Waals surface area contributed by atoms with Gasteiger partial charge in [-0.3, -0.25) is 4.90 Å². The number of alkyl halides is 6. The minimum absolute atomic E-state index is 0.0128. The second-order valence-corrected chi connectivity index (χ2v) is 10.9. The molecule has 0 saturated heterocycles. The predicted molar refractivity (Wildman–Crippen MR) is 160 cm³/mol. The van der Waals surface area contributed by atoms with Gasteiger partial charge in [-0.05, 0) is 49.6 Å². The van der Waals surface area contributed by atoms with E-state index in [1.54, 1.807) is 19.1 Å². The largest absolute Gasteiger partial charge is 0.481 e. The number of amides is 1. The van der Waals surface area contributed by atoms with Gasteiger partial charge in [-0.15, -0.1) is 0 Å². The van der Waals surface area contributed by atoms with E-state index in [-0.39, 0.29) is 42.4 Å². The van der Waals surface area contributed by atoms with Gasteiger partial charge in [0.05, 0.1) is 54.2 Å². The molecule has 3 atom stereocenters. The number of carbonyl (C=O) groups excluding carboxylic acids is 1. The summed E-state index contributed by atoms with van der Waals surface area (Å²) < 4.78 is 97.7. The van der Waals surface area contributed by atoms with Crippen LogP contribution in [0.3, 0.4) is 0 Å². The topological polar surface area (TPSA) is 156 Å². The van der Waals surface area contributed by atoms with E-state index >= 15 is 0 Å². The van der Waals surface area contributed by atoms with Gasteiger partial charge in [0.2, 0.25) is 11.8 Å². The number of nitrogens with zero attached hydrogens (tertiary/aromatic N) is 4. The van der Waals surface area contributed by atoms with Gasteiger partial charge in [0.25, 0.3) is 0 Å². The zero-order chi connectivity index (χ0) is 36.1. The molecule has 3 heterocycles. The standard InChI is InChI=1S/C31H33F6N5O7/c1-4-19-14-21(26-22(6-7-25(41-26)47-3)42(19)29(46)48-5-2)40-28-38-15-24(49-23(8-9-43)27(44)45)20(39-28)12-16-10-17(30(32,33)34)13-18(11-16)31(35,36)37/h6-7,10-11,13,15,19,21,23,43H,4-5,8-9,12,14H2,1-3H3,(H,44,45)(H,38,39,40)/t19-,21+,23?/m1/s1. The number of aliphatic hydroxyl groups excluding tert-OH is 1. The molecule has 4 rings (SSSR count). The van der Waals surface area contributed by atoms with Crippen molar-refractivity contribution in [2.24, 2.45) is 0 Å². The smallest absolute Gasteiger partial charge is 0.416 e. The summed E-state index contributed by atoms with van der Waals surface area (Å²) in [5.74, 6) is -1.78. The van der Waals surface area contributed by atoms with Crippen LogP contribution < -0.4 is 19.7 Å². The minimum Gasteiger partial charge on any atom is -0.481 e. The lowest BCUT2D eigenvalue weighted by molar-refractivity contribution is -0.146. The number of benzene rings is 1. The number of rotatable bonds is 12. The van der Waals surface area contributed by atoms with Crippen molar-refractivity contribution in [2.75, 3.05) is 30.5 Å². The van der Waals surface area contributed by atoms with Crippen molar-refractivity contribution in [3.05, 3.63) is 64.6 Å². The highest BCUT2D eigenvalue weighted by Crippen LogP contribution is 2.41. The molecule has 3 N–H and O–H groups in total. The maximum atomic E-state index is 13.6. The van der Waals surface area contributed by atoms with Crippen molar-refractivity contribution in [1.82, 2.24) is 15.0 Å². The van der Waals surface area contributed by atoms with Gasteiger partial charge in [-0.2, -0.15) is 26.3 Å². The van der Waals surface area contributed by atoms with Crippen molar-refractivity contribution in [1.29, 1.82) is 0 Å². The lowest BCUT2D eigenvalue weighted by atomic mass is 9.93. The van der Waals surface area contributed by atoms with Gasteiger partial charge < -0.3 is 29.7 Å². The number of carbonyl (C=O) groups is 2. The number of carboxylic acids is 1. The fourth-order valence-corrected chi connectivity index (χ4v) is 5.30. The zero-order valence-electron chi connectivity index (χ0n) is 26.4. The molecule has 1 aliphatic heterocycles. The van der Waals surface area contributed by atoms with Crippen LogP contribution in [0.15, 0.2) is 36.5 Å². The molecule has 0 aliphatic carbocycles. The van der Waals surface area contributed by atoms with Gasteiger partial charge in [0, 0.05) is 31.6 Å². The number of aromatic nitrogens is 3. The molecule has 0 saturated carbocycles. The second-order valence-electron chi connectivity index (χ2n) is 10.9. The normalized spacial score (nSPS) is 16.8. The molecule has 266 valence electrons. The predicted octanol–water partition coefficient (Wildman–Crippen LogP) is 6.02. The number of fused-ring (bicyclic) bond motifs is 1. The molecule has 2 aromatic heterocycles. The Balaban J connectivity index is 1.80. The Hall–Kier alpha value is -4.87. The van der Waals surface area contributed by atoms with E-state index in [0.717, 1.165) is 6.20 Å². The van der Waals surface area contributed by atoms with Crippen molar-refractivity contribution < 1.29 is 60.4 Å². The summed E-state index contributed by atoms with van der Waals surface area (Å²) in [5.41, 5.74) is -3.06. The molecule has 0 bridgehead atoms. The van der Waals surface area contributed by atoms with E-state index in [4.69, 9.17) is 14.2 Å². The second kappa shape index (κ2) is 15.1. The maximum Gasteiger partial charge on any atom is 0.416 e. The van der Waals surface area contributed by atoms with Crippen LogP contribution in [0.2, 0.25) is 0 Å². The number of hydrogen-bond donors (Lipinski definition) is 3. The third-order valence-corrected chi connectivity index (χ3v) is 7.57. The summed E-state index contributed by atoms with van der Waals surface area (Å²) >= 11 is 0. The lowest BCUT2D eigenvalue weighted by Crippen LogP contribution is -2.46. The quantitative estimate of drug-likeness (QED) is 0.190. The van der Waals surface area contributed by atoms with Gasteiger partial charge >= 0.3 is 24.4 Å². The SMILES string of the molecule is CCOC(=O)N1c2ccc(OC)nc2[C@@H](Nc2ncc(OC(CCO)C(=O)O)c(Cc3cc(C(F)(F)F)cc(C(F)(F)F)c3)n2)C[C@H]1CC. The van der Waals surface area contributed by atoms with Crippen LogP contribution in [0.1, 0.15) is 67.2 Å². The third kappa shape index (κ3) is 8.79. The van der Waals surface area contributed by atoms with Gasteiger partial charge in [-0.1, -0.05) is 6.92 Å². The molecule has 18 heteroatoms. The summed E-state index contributed by atoms with van der Waals surface area (Å²) in [6.07, 6.45) is -11.8. The van der Waals surface area contributed by atoms with E-state index in [1.807, 2.05) is 6.92 Å². The molecule has 1 amide bonds. The Bertz CT molecular complexity index is 1620. The van der Waals surface area contributed by atoms with Gasteiger partial charge in [0.1, 0.15) is 0 Å². The number of ether oxygens (including phenoxy) is 3. The van der Waals surface area contributed by atoms with Crippen molar-refractivity contribution in [3.63, 3.8) is 0 Å². The number of aliphatic carboxylic acids is 1. The molecule has 49 heavy (non-hydrogen) atoms. The number of anilines is 2. The molecule has 1 unspecified atom stereocenters. The van der Waals surface area contributed by atoms with E-state index < -0.39 is 78.7 Å². The van der Waals surface area contributed by atoms with E-state index in [9.17, 15) is 46.1 Å². The van der Waals surface area contributed by atoms with Crippen LogP contribution in [0.5, 0.6) is 11.6 Å². The molecule has 1 aliphatic rings. The zero-order valence-corrected chi connectivity index (χ0v) is 26.4. The van der Waals surface area contributed by atoms with Gasteiger partial charge in [-0.25, -0.2) is 24.5 Å². The average Bonchev–Trinajstić information content (AvgIpc) is 3.04. The van der Waals surface area contributed by atoms with Crippen LogP contribution in [-0.2, 0) is 28.3 Å². The van der Waals surface area contributed by atoms with Crippen LogP contribution >= 0.6 is 0 Å². The number of carboxylic acid groups (broad SMARTS) is 1. The van der Waals surface area contributed by atoms with Crippen LogP contribution in [0.4, 0.5) is 42.8 Å². The van der Waals surface area contributed by atoms with Crippen LogP contribution in [0, 0.1) is 0 Å². The number of methoxy groups -OCH3 is 1. The number of nitrogens with one attached hydrogen (secondary N) is 1. The van der Waals surface area contributed by atoms with E-state index in [1.165, 1.54) is 12.0 Å². The highest BCUT2D eigenvalue weighted by Gasteiger charge is 2.39. The molecule has 0 radical (unpaired) electrons. The highest BCUT2D eigenvalue weighted by molar-refractivity contribution is 5.90. The third-order valence-electron chi connectivity index (χ3n) is 7.57. The highest BCUT2D eigenvalue weighted by atomic mass is 19.4. The van der Waals surface area contributed by atoms with Crippen LogP contribution in [0.25, 0.3) is 0 Å². The van der Waals surface area contributed by atoms with Gasteiger partial charge in [0.15, 0.2) is 11.9 Å². The van der Waals surface area contributed by atoms with Crippen molar-refractivity contribution in [3.8, 4) is 11.6 Å². The van der Waals surface area contributed by atoms with Crippen molar-refractivity contribution >= 4 is 23.7 Å². The first-order valence-electron chi connectivity index (χ1n) is 15.0. The molecule has 0 spiro atoms.